The van der Waals surface area contributed by atoms with Crippen LogP contribution in [0.4, 0.5) is 0 Å². The maximum absolute atomic E-state index is 11.7. The lowest BCUT2D eigenvalue weighted by atomic mass is 9.83. The van der Waals surface area contributed by atoms with Crippen molar-refractivity contribution >= 4 is 6.29 Å². The molecule has 0 saturated carbocycles. The molecule has 0 aliphatic carbocycles. The van der Waals surface area contributed by atoms with Crippen molar-refractivity contribution in [1.82, 2.24) is 0 Å². The predicted molar refractivity (Wildman–Crippen MR) is 87.4 cm³/mol. The molecule has 2 aliphatic heterocycles. The second-order valence-electron chi connectivity index (χ2n) is 6.12. The van der Waals surface area contributed by atoms with Gasteiger partial charge < -0.3 is 23.7 Å². The first-order chi connectivity index (χ1) is 12.2. The fraction of sp³-hybridized carbons (Fsp3) is 0.588. The molecule has 2 fully saturated rings. The summed E-state index contributed by atoms with van der Waals surface area (Å²) in [6.45, 7) is 2.66. The largest absolute Gasteiger partial charge is 0.352 e. The van der Waals surface area contributed by atoms with Gasteiger partial charge in [-0.05, 0) is 5.53 Å². The van der Waals surface area contributed by atoms with E-state index in [0.29, 0.717) is 6.61 Å². The lowest BCUT2D eigenvalue weighted by Crippen LogP contribution is -2.57. The van der Waals surface area contributed by atoms with Gasteiger partial charge in [-0.1, -0.05) is 42.4 Å². The van der Waals surface area contributed by atoms with Gasteiger partial charge in [-0.25, -0.2) is 0 Å². The fourth-order valence-corrected chi connectivity index (χ4v) is 3.21. The van der Waals surface area contributed by atoms with Gasteiger partial charge in [-0.15, -0.1) is 0 Å². The monoisotopic (exact) mass is 347 g/mol. The summed E-state index contributed by atoms with van der Waals surface area (Å²) in [5.74, 6) is -0.544. The standard InChI is InChI=1S/C17H21N3O5/c1-11-13(9-21)15-14(24-16(11)22-8-7-19-20-18)10-23-17(25-15)12-5-3-2-4-6-12/h2-6,9,11,13-17H,7-8,10H2,1H3/t11-,13?,14?,15-,16+,17?/m0/s1. The summed E-state index contributed by atoms with van der Waals surface area (Å²) in [5, 5.41) is 3.43. The molecular formula is C17H21N3O5. The van der Waals surface area contributed by atoms with Crippen LogP contribution in [0.25, 0.3) is 10.4 Å². The molecule has 0 spiro atoms. The fourth-order valence-electron chi connectivity index (χ4n) is 3.21. The van der Waals surface area contributed by atoms with Crippen molar-refractivity contribution in [1.29, 1.82) is 0 Å². The van der Waals surface area contributed by atoms with E-state index in [1.807, 2.05) is 37.3 Å². The van der Waals surface area contributed by atoms with Gasteiger partial charge in [0, 0.05) is 22.9 Å². The Balaban J connectivity index is 1.67. The third-order valence-electron chi connectivity index (χ3n) is 4.55. The van der Waals surface area contributed by atoms with Crippen LogP contribution in [0.1, 0.15) is 18.8 Å². The van der Waals surface area contributed by atoms with Crippen molar-refractivity contribution in [2.75, 3.05) is 19.8 Å². The van der Waals surface area contributed by atoms with Gasteiger partial charge in [0.2, 0.25) is 0 Å². The Morgan fingerprint density at radius 1 is 1.36 bits per heavy atom. The summed E-state index contributed by atoms with van der Waals surface area (Å²) >= 11 is 0. The molecule has 3 unspecified atom stereocenters. The first-order valence-electron chi connectivity index (χ1n) is 8.30. The number of hydrogen-bond acceptors (Lipinski definition) is 6. The highest BCUT2D eigenvalue weighted by molar-refractivity contribution is 5.55. The SMILES string of the molecule is C[C@H]1C(C=O)[C@@H]2OC(c3ccccc3)OCC2O[C@H]1OCCN=[N+]=[N-]. The molecule has 3 rings (SSSR count). The minimum absolute atomic E-state index is 0.181. The number of nitrogens with zero attached hydrogens (tertiary/aromatic N) is 3. The topological polar surface area (TPSA) is 103 Å². The van der Waals surface area contributed by atoms with Gasteiger partial charge in [-0.2, -0.15) is 0 Å². The molecule has 8 nitrogen and oxygen atoms in total. The summed E-state index contributed by atoms with van der Waals surface area (Å²) in [7, 11) is 0. The smallest absolute Gasteiger partial charge is 0.184 e. The highest BCUT2D eigenvalue weighted by Gasteiger charge is 2.48. The van der Waals surface area contributed by atoms with Gasteiger partial charge in [0.25, 0.3) is 0 Å². The van der Waals surface area contributed by atoms with Crippen molar-refractivity contribution in [3.63, 3.8) is 0 Å². The third kappa shape index (κ3) is 4.00. The average Bonchev–Trinajstić information content (AvgIpc) is 2.66. The van der Waals surface area contributed by atoms with Crippen molar-refractivity contribution < 1.29 is 23.7 Å². The van der Waals surface area contributed by atoms with Crippen molar-refractivity contribution in [2.24, 2.45) is 17.0 Å². The maximum Gasteiger partial charge on any atom is 0.184 e. The van der Waals surface area contributed by atoms with E-state index in [2.05, 4.69) is 10.0 Å². The molecule has 0 N–H and O–H groups in total. The molecular weight excluding hydrogens is 326 g/mol. The van der Waals surface area contributed by atoms with Gasteiger partial charge in [-0.3, -0.25) is 0 Å². The first kappa shape index (κ1) is 17.8. The number of hydrogen-bond donors (Lipinski definition) is 0. The molecule has 2 heterocycles. The van der Waals surface area contributed by atoms with E-state index in [-0.39, 0.29) is 37.2 Å². The normalized spacial score (nSPS) is 34.6. The Bertz CT molecular complexity index is 622. The third-order valence-corrected chi connectivity index (χ3v) is 4.55. The van der Waals surface area contributed by atoms with Crippen molar-refractivity contribution in [2.45, 2.75) is 31.7 Å². The second kappa shape index (κ2) is 8.42. The molecule has 0 bridgehead atoms. The molecule has 0 radical (unpaired) electrons. The van der Waals surface area contributed by atoms with Gasteiger partial charge >= 0.3 is 0 Å². The van der Waals surface area contributed by atoms with Crippen molar-refractivity contribution in [3.8, 4) is 0 Å². The van der Waals surface area contributed by atoms with Crippen LogP contribution >= 0.6 is 0 Å². The Morgan fingerprint density at radius 2 is 2.16 bits per heavy atom. The molecule has 8 heteroatoms. The van der Waals surface area contributed by atoms with E-state index in [9.17, 15) is 4.79 Å². The van der Waals surface area contributed by atoms with Crippen LogP contribution in [0, 0.1) is 11.8 Å². The number of azide groups is 1. The summed E-state index contributed by atoms with van der Waals surface area (Å²) < 4.78 is 23.4. The van der Waals surface area contributed by atoms with Gasteiger partial charge in [0.1, 0.15) is 12.4 Å². The molecule has 2 saturated heterocycles. The van der Waals surface area contributed by atoms with E-state index in [0.717, 1.165) is 11.8 Å². The minimum atomic E-state index is -0.564. The molecule has 0 aromatic heterocycles. The Morgan fingerprint density at radius 3 is 2.88 bits per heavy atom. The number of aldehydes is 1. The highest BCUT2D eigenvalue weighted by Crippen LogP contribution is 2.38. The van der Waals surface area contributed by atoms with Crippen LogP contribution in [0.3, 0.4) is 0 Å². The minimum Gasteiger partial charge on any atom is -0.352 e. The summed E-state index contributed by atoms with van der Waals surface area (Å²) in [6.07, 6.45) is -0.935. The molecule has 2 aliphatic rings. The second-order valence-corrected chi connectivity index (χ2v) is 6.12. The van der Waals surface area contributed by atoms with Crippen LogP contribution in [-0.2, 0) is 23.7 Å². The maximum atomic E-state index is 11.7. The van der Waals surface area contributed by atoms with Gasteiger partial charge in [0.05, 0.1) is 25.2 Å². The van der Waals surface area contributed by atoms with E-state index in [1.165, 1.54) is 0 Å². The molecule has 6 atom stereocenters. The van der Waals surface area contributed by atoms with Crippen LogP contribution in [0.5, 0.6) is 0 Å². The van der Waals surface area contributed by atoms with Crippen LogP contribution in [0.2, 0.25) is 0 Å². The van der Waals surface area contributed by atoms with E-state index >= 15 is 0 Å². The number of rotatable bonds is 6. The quantitative estimate of drug-likeness (QED) is 0.259. The molecule has 1 aromatic carbocycles. The molecule has 0 amide bonds. The lowest BCUT2D eigenvalue weighted by molar-refractivity contribution is -0.338. The van der Waals surface area contributed by atoms with Crippen LogP contribution in [0.15, 0.2) is 35.4 Å². The average molecular weight is 347 g/mol. The number of benzene rings is 1. The lowest BCUT2D eigenvalue weighted by Gasteiger charge is -2.47. The Hall–Kier alpha value is -1.96. The van der Waals surface area contributed by atoms with Crippen LogP contribution < -0.4 is 0 Å². The van der Waals surface area contributed by atoms with Crippen LogP contribution in [-0.4, -0.2) is 44.5 Å². The highest BCUT2D eigenvalue weighted by atomic mass is 16.7. The Kier molecular flexibility index (Phi) is 6.01. The van der Waals surface area contributed by atoms with Crippen molar-refractivity contribution in [3.05, 3.63) is 46.3 Å². The Labute approximate surface area is 145 Å². The summed E-state index contributed by atoms with van der Waals surface area (Å²) in [6, 6.07) is 9.61. The summed E-state index contributed by atoms with van der Waals surface area (Å²) in [5.41, 5.74) is 9.21. The van der Waals surface area contributed by atoms with E-state index in [1.54, 1.807) is 0 Å². The first-order valence-corrected chi connectivity index (χ1v) is 8.30. The number of carbonyl (C=O) groups excluding carboxylic acids is 1. The predicted octanol–water partition coefficient (Wildman–Crippen LogP) is 2.60. The zero-order valence-electron chi connectivity index (χ0n) is 13.9. The van der Waals surface area contributed by atoms with Gasteiger partial charge in [0.15, 0.2) is 12.6 Å². The molecule has 134 valence electrons. The summed E-state index contributed by atoms with van der Waals surface area (Å²) in [4.78, 5) is 14.4. The number of fused-ring (bicyclic) bond motifs is 1. The number of carbonyl (C=O) groups is 1. The molecule has 1 aromatic rings. The zero-order valence-corrected chi connectivity index (χ0v) is 13.9. The van der Waals surface area contributed by atoms with E-state index in [4.69, 9.17) is 24.5 Å². The number of ether oxygens (including phenoxy) is 4. The molecule has 25 heavy (non-hydrogen) atoms. The zero-order chi connectivity index (χ0) is 17.6. The van der Waals surface area contributed by atoms with E-state index < -0.39 is 12.6 Å².